The molecule has 1 aromatic carbocycles. The van der Waals surface area contributed by atoms with E-state index in [0.29, 0.717) is 18.6 Å². The SMILES string of the molecule is CCC(C)N1CCN(C(CN)c2cc(C)cc(C)c2)CC1. The number of benzene rings is 1. The molecule has 0 aliphatic carbocycles. The van der Waals surface area contributed by atoms with E-state index in [-0.39, 0.29) is 0 Å². The second kappa shape index (κ2) is 7.39. The van der Waals surface area contributed by atoms with Crippen LogP contribution in [0.2, 0.25) is 0 Å². The van der Waals surface area contributed by atoms with Crippen LogP contribution in [0.5, 0.6) is 0 Å². The first-order valence-corrected chi connectivity index (χ1v) is 8.31. The number of aryl methyl sites for hydroxylation is 2. The molecule has 1 heterocycles. The predicted octanol–water partition coefficient (Wildman–Crippen LogP) is 2.72. The maximum atomic E-state index is 6.10. The van der Waals surface area contributed by atoms with E-state index in [1.54, 1.807) is 0 Å². The molecule has 118 valence electrons. The van der Waals surface area contributed by atoms with Gasteiger partial charge in [0.1, 0.15) is 0 Å². The van der Waals surface area contributed by atoms with E-state index in [1.807, 2.05) is 0 Å². The van der Waals surface area contributed by atoms with E-state index < -0.39 is 0 Å². The molecule has 2 atom stereocenters. The van der Waals surface area contributed by atoms with Gasteiger partial charge >= 0.3 is 0 Å². The summed E-state index contributed by atoms with van der Waals surface area (Å²) in [5.74, 6) is 0. The van der Waals surface area contributed by atoms with Gasteiger partial charge in [0, 0.05) is 44.8 Å². The molecule has 1 aliphatic rings. The second-order valence-corrected chi connectivity index (χ2v) is 6.50. The molecule has 3 heteroatoms. The van der Waals surface area contributed by atoms with Crippen molar-refractivity contribution in [1.82, 2.24) is 9.80 Å². The number of rotatable bonds is 5. The first kappa shape index (κ1) is 16.5. The topological polar surface area (TPSA) is 32.5 Å². The molecule has 3 nitrogen and oxygen atoms in total. The summed E-state index contributed by atoms with van der Waals surface area (Å²) >= 11 is 0. The van der Waals surface area contributed by atoms with Crippen LogP contribution in [0.25, 0.3) is 0 Å². The average Bonchev–Trinajstić information content (AvgIpc) is 2.47. The van der Waals surface area contributed by atoms with Crippen molar-refractivity contribution in [3.8, 4) is 0 Å². The molecule has 2 unspecified atom stereocenters. The van der Waals surface area contributed by atoms with Gasteiger partial charge in [-0.25, -0.2) is 0 Å². The Morgan fingerprint density at radius 1 is 1.00 bits per heavy atom. The van der Waals surface area contributed by atoms with Crippen LogP contribution in [0.15, 0.2) is 18.2 Å². The van der Waals surface area contributed by atoms with E-state index in [2.05, 4.69) is 55.7 Å². The summed E-state index contributed by atoms with van der Waals surface area (Å²) in [5.41, 5.74) is 10.2. The highest BCUT2D eigenvalue weighted by Crippen LogP contribution is 2.24. The highest BCUT2D eigenvalue weighted by molar-refractivity contribution is 5.31. The van der Waals surface area contributed by atoms with Gasteiger partial charge in [-0.05, 0) is 32.8 Å². The van der Waals surface area contributed by atoms with Gasteiger partial charge in [-0.3, -0.25) is 9.80 Å². The van der Waals surface area contributed by atoms with Crippen molar-refractivity contribution >= 4 is 0 Å². The second-order valence-electron chi connectivity index (χ2n) is 6.50. The molecule has 1 aliphatic heterocycles. The highest BCUT2D eigenvalue weighted by Gasteiger charge is 2.25. The van der Waals surface area contributed by atoms with Crippen LogP contribution in [0.4, 0.5) is 0 Å². The molecule has 1 fully saturated rings. The lowest BCUT2D eigenvalue weighted by molar-refractivity contribution is 0.0743. The molecule has 0 bridgehead atoms. The third kappa shape index (κ3) is 4.06. The summed E-state index contributed by atoms with van der Waals surface area (Å²) in [6.07, 6.45) is 1.23. The van der Waals surface area contributed by atoms with Crippen LogP contribution < -0.4 is 5.73 Å². The Kier molecular flexibility index (Phi) is 5.80. The number of hydrogen-bond acceptors (Lipinski definition) is 3. The van der Waals surface area contributed by atoms with Crippen molar-refractivity contribution in [2.75, 3.05) is 32.7 Å². The zero-order chi connectivity index (χ0) is 15.4. The first-order valence-electron chi connectivity index (χ1n) is 8.31. The van der Waals surface area contributed by atoms with Crippen molar-refractivity contribution < 1.29 is 0 Å². The Hall–Kier alpha value is -0.900. The van der Waals surface area contributed by atoms with E-state index >= 15 is 0 Å². The number of hydrogen-bond donors (Lipinski definition) is 1. The molecular weight excluding hydrogens is 258 g/mol. The summed E-state index contributed by atoms with van der Waals surface area (Å²) in [7, 11) is 0. The van der Waals surface area contributed by atoms with Gasteiger partial charge in [0.05, 0.1) is 0 Å². The molecule has 0 aromatic heterocycles. The average molecular weight is 289 g/mol. The maximum Gasteiger partial charge on any atom is 0.0471 e. The fraction of sp³-hybridized carbons (Fsp3) is 0.667. The lowest BCUT2D eigenvalue weighted by Gasteiger charge is -2.41. The van der Waals surface area contributed by atoms with Gasteiger partial charge < -0.3 is 5.73 Å². The van der Waals surface area contributed by atoms with Crippen LogP contribution in [0.3, 0.4) is 0 Å². The standard InChI is InChI=1S/C18H31N3/c1-5-16(4)20-6-8-21(9-7-20)18(13-19)17-11-14(2)10-15(3)12-17/h10-12,16,18H,5-9,13,19H2,1-4H3. The lowest BCUT2D eigenvalue weighted by Crippen LogP contribution is -2.51. The first-order chi connectivity index (χ1) is 10.0. The number of nitrogens with two attached hydrogens (primary N) is 1. The normalized spacial score (nSPS) is 20.4. The molecule has 1 saturated heterocycles. The molecule has 0 spiro atoms. The third-order valence-electron chi connectivity index (χ3n) is 4.86. The van der Waals surface area contributed by atoms with Crippen molar-refractivity contribution in [3.05, 3.63) is 34.9 Å². The summed E-state index contributed by atoms with van der Waals surface area (Å²) in [6.45, 7) is 14.2. The van der Waals surface area contributed by atoms with Gasteiger partial charge in [-0.15, -0.1) is 0 Å². The number of piperazine rings is 1. The van der Waals surface area contributed by atoms with Crippen LogP contribution in [0.1, 0.15) is 43.0 Å². The number of nitrogens with zero attached hydrogens (tertiary/aromatic N) is 2. The van der Waals surface area contributed by atoms with Crippen molar-refractivity contribution in [2.45, 2.75) is 46.2 Å². The largest absolute Gasteiger partial charge is 0.329 e. The summed E-state index contributed by atoms with van der Waals surface area (Å²) in [6, 6.07) is 7.89. The Morgan fingerprint density at radius 3 is 2.00 bits per heavy atom. The molecule has 2 rings (SSSR count). The quantitative estimate of drug-likeness (QED) is 0.904. The van der Waals surface area contributed by atoms with E-state index in [0.717, 1.165) is 26.2 Å². The Balaban J connectivity index is 2.06. The summed E-state index contributed by atoms with van der Waals surface area (Å²) < 4.78 is 0. The lowest BCUT2D eigenvalue weighted by atomic mass is 9.99. The fourth-order valence-electron chi connectivity index (χ4n) is 3.45. The van der Waals surface area contributed by atoms with Crippen LogP contribution in [0, 0.1) is 13.8 Å². The zero-order valence-corrected chi connectivity index (χ0v) is 14.1. The summed E-state index contributed by atoms with van der Waals surface area (Å²) in [5, 5.41) is 0. The van der Waals surface area contributed by atoms with Gasteiger partial charge in [0.2, 0.25) is 0 Å². The Labute approximate surface area is 130 Å². The fourth-order valence-corrected chi connectivity index (χ4v) is 3.45. The van der Waals surface area contributed by atoms with Crippen LogP contribution in [-0.4, -0.2) is 48.6 Å². The Bertz CT molecular complexity index is 430. The maximum absolute atomic E-state index is 6.10. The van der Waals surface area contributed by atoms with Gasteiger partial charge in [0.15, 0.2) is 0 Å². The van der Waals surface area contributed by atoms with Crippen molar-refractivity contribution in [1.29, 1.82) is 0 Å². The molecule has 0 saturated carbocycles. The zero-order valence-electron chi connectivity index (χ0n) is 14.1. The Morgan fingerprint density at radius 2 is 1.52 bits per heavy atom. The van der Waals surface area contributed by atoms with E-state index in [1.165, 1.54) is 23.1 Å². The molecule has 0 radical (unpaired) electrons. The van der Waals surface area contributed by atoms with E-state index in [9.17, 15) is 0 Å². The van der Waals surface area contributed by atoms with Crippen molar-refractivity contribution in [3.63, 3.8) is 0 Å². The monoisotopic (exact) mass is 289 g/mol. The smallest absolute Gasteiger partial charge is 0.0471 e. The van der Waals surface area contributed by atoms with Crippen LogP contribution >= 0.6 is 0 Å². The molecule has 0 amide bonds. The highest BCUT2D eigenvalue weighted by atomic mass is 15.3. The van der Waals surface area contributed by atoms with Gasteiger partial charge in [0.25, 0.3) is 0 Å². The third-order valence-corrected chi connectivity index (χ3v) is 4.86. The van der Waals surface area contributed by atoms with Gasteiger partial charge in [-0.1, -0.05) is 36.2 Å². The minimum atomic E-state index is 0.364. The molecule has 1 aromatic rings. The molecule has 21 heavy (non-hydrogen) atoms. The molecular formula is C18H31N3. The minimum absolute atomic E-state index is 0.364. The van der Waals surface area contributed by atoms with E-state index in [4.69, 9.17) is 5.73 Å². The summed E-state index contributed by atoms with van der Waals surface area (Å²) in [4.78, 5) is 5.17. The minimum Gasteiger partial charge on any atom is -0.329 e. The van der Waals surface area contributed by atoms with Crippen molar-refractivity contribution in [2.24, 2.45) is 5.73 Å². The predicted molar refractivity (Wildman–Crippen MR) is 90.6 cm³/mol. The van der Waals surface area contributed by atoms with Crippen LogP contribution in [-0.2, 0) is 0 Å². The molecule has 2 N–H and O–H groups in total. The van der Waals surface area contributed by atoms with Gasteiger partial charge in [-0.2, -0.15) is 0 Å².